The molecule has 158 valence electrons. The van der Waals surface area contributed by atoms with Gasteiger partial charge in [0.2, 0.25) is 0 Å². The van der Waals surface area contributed by atoms with Crippen LogP contribution in [0.5, 0.6) is 0 Å². The molecule has 0 bridgehead atoms. The highest BCUT2D eigenvalue weighted by Gasteiger charge is 2.27. The molecule has 0 N–H and O–H groups in total. The van der Waals surface area contributed by atoms with E-state index < -0.39 is 0 Å². The van der Waals surface area contributed by atoms with Gasteiger partial charge in [-0.2, -0.15) is 0 Å². The first-order valence-electron chi connectivity index (χ1n) is 11.2. The minimum atomic E-state index is 0.372. The summed E-state index contributed by atoms with van der Waals surface area (Å²) < 4.78 is 2.29. The predicted molar refractivity (Wildman–Crippen MR) is 119 cm³/mol. The lowest BCUT2D eigenvalue weighted by Gasteiger charge is -2.33. The molecule has 0 aromatic carbocycles. The average molecular weight is 405 g/mol. The van der Waals surface area contributed by atoms with Crippen molar-refractivity contribution in [3.63, 3.8) is 0 Å². The number of piperazine rings is 1. The molecule has 3 aromatic rings. The molecule has 1 fully saturated rings. The Kier molecular flexibility index (Phi) is 5.54. The van der Waals surface area contributed by atoms with Gasteiger partial charge in [-0.15, -0.1) is 0 Å². The van der Waals surface area contributed by atoms with Crippen molar-refractivity contribution in [1.29, 1.82) is 0 Å². The largest absolute Gasteiger partial charge is 0.304 e. The summed E-state index contributed by atoms with van der Waals surface area (Å²) in [5.41, 5.74) is 6.25. The van der Waals surface area contributed by atoms with Crippen molar-refractivity contribution in [3.8, 4) is 0 Å². The Balaban J connectivity index is 1.41. The Morgan fingerprint density at radius 2 is 1.97 bits per heavy atom. The smallest absolute Gasteiger partial charge is 0.137 e. The molecule has 1 atom stereocenters. The summed E-state index contributed by atoms with van der Waals surface area (Å²) in [7, 11) is 4.44. The Hall–Kier alpha value is -2.28. The number of pyridine rings is 2. The summed E-state index contributed by atoms with van der Waals surface area (Å²) in [6.07, 6.45) is 7.65. The molecule has 0 unspecified atom stereocenters. The average Bonchev–Trinajstić information content (AvgIpc) is 3.11. The van der Waals surface area contributed by atoms with Crippen LogP contribution in [0, 0.1) is 0 Å². The molecule has 30 heavy (non-hydrogen) atoms. The predicted octanol–water partition coefficient (Wildman–Crippen LogP) is 2.99. The monoisotopic (exact) mass is 404 g/mol. The second-order valence-corrected chi connectivity index (χ2v) is 8.88. The van der Waals surface area contributed by atoms with E-state index in [1.807, 2.05) is 6.20 Å². The van der Waals surface area contributed by atoms with Gasteiger partial charge in [0.25, 0.3) is 0 Å². The number of aryl methyl sites for hydroxylation is 1. The molecule has 0 saturated carbocycles. The van der Waals surface area contributed by atoms with Crippen molar-refractivity contribution in [2.75, 3.05) is 40.3 Å². The molecule has 1 saturated heterocycles. The van der Waals surface area contributed by atoms with Gasteiger partial charge in [0.15, 0.2) is 0 Å². The van der Waals surface area contributed by atoms with Crippen LogP contribution >= 0.6 is 0 Å². The molecule has 2 aliphatic rings. The molecule has 6 heteroatoms. The molecule has 1 aliphatic carbocycles. The van der Waals surface area contributed by atoms with Crippen molar-refractivity contribution in [2.45, 2.75) is 38.4 Å². The minimum absolute atomic E-state index is 0.372. The SMILES string of the molecule is CN1CCN(Cc2c(CN(C)[C@H]3CCCc4cccnc43)nc3ccccn23)CC1. The molecule has 4 heterocycles. The summed E-state index contributed by atoms with van der Waals surface area (Å²) in [4.78, 5) is 17.2. The normalized spacial score (nSPS) is 20.7. The molecule has 0 spiro atoms. The second-order valence-electron chi connectivity index (χ2n) is 8.88. The zero-order valence-corrected chi connectivity index (χ0v) is 18.2. The summed E-state index contributed by atoms with van der Waals surface area (Å²) in [5.74, 6) is 0. The summed E-state index contributed by atoms with van der Waals surface area (Å²) in [5, 5.41) is 0. The molecule has 5 rings (SSSR count). The highest BCUT2D eigenvalue weighted by atomic mass is 15.3. The first kappa shape index (κ1) is 19.7. The number of hydrogen-bond acceptors (Lipinski definition) is 5. The summed E-state index contributed by atoms with van der Waals surface area (Å²) in [6.45, 7) is 6.32. The van der Waals surface area contributed by atoms with Crippen molar-refractivity contribution >= 4 is 5.65 Å². The van der Waals surface area contributed by atoms with Gasteiger partial charge in [0, 0.05) is 51.7 Å². The van der Waals surface area contributed by atoms with Crippen molar-refractivity contribution in [2.24, 2.45) is 0 Å². The van der Waals surface area contributed by atoms with E-state index in [9.17, 15) is 0 Å². The van der Waals surface area contributed by atoms with Crippen LogP contribution in [0.2, 0.25) is 0 Å². The van der Waals surface area contributed by atoms with Crippen LogP contribution in [0.4, 0.5) is 0 Å². The van der Waals surface area contributed by atoms with Gasteiger partial charge in [-0.3, -0.25) is 14.8 Å². The van der Waals surface area contributed by atoms with Crippen LogP contribution in [0.25, 0.3) is 5.65 Å². The van der Waals surface area contributed by atoms with Gasteiger partial charge in [0.1, 0.15) is 5.65 Å². The third-order valence-corrected chi connectivity index (χ3v) is 6.78. The van der Waals surface area contributed by atoms with E-state index in [1.54, 1.807) is 0 Å². The number of likely N-dealkylation sites (N-methyl/N-ethyl adjacent to an activating group) is 1. The molecule has 0 amide bonds. The topological polar surface area (TPSA) is 39.9 Å². The third kappa shape index (κ3) is 3.87. The van der Waals surface area contributed by atoms with Crippen LogP contribution in [0.3, 0.4) is 0 Å². The van der Waals surface area contributed by atoms with Gasteiger partial charge in [-0.25, -0.2) is 4.98 Å². The lowest BCUT2D eigenvalue weighted by molar-refractivity contribution is 0.145. The fraction of sp³-hybridized carbons (Fsp3) is 0.500. The highest BCUT2D eigenvalue weighted by molar-refractivity contribution is 5.43. The maximum absolute atomic E-state index is 5.05. The number of rotatable bonds is 5. The first-order chi connectivity index (χ1) is 14.7. The lowest BCUT2D eigenvalue weighted by atomic mass is 9.91. The zero-order valence-electron chi connectivity index (χ0n) is 18.2. The van der Waals surface area contributed by atoms with E-state index in [1.165, 1.54) is 35.5 Å². The fourth-order valence-corrected chi connectivity index (χ4v) is 4.97. The number of nitrogens with zero attached hydrogens (tertiary/aromatic N) is 6. The Labute approximate surface area is 179 Å². The number of hydrogen-bond donors (Lipinski definition) is 0. The van der Waals surface area contributed by atoms with Gasteiger partial charge in [-0.05, 0) is 57.1 Å². The van der Waals surface area contributed by atoms with Gasteiger partial charge < -0.3 is 9.30 Å². The van der Waals surface area contributed by atoms with Crippen LogP contribution < -0.4 is 0 Å². The van der Waals surface area contributed by atoms with Crippen molar-refractivity contribution in [3.05, 3.63) is 65.4 Å². The first-order valence-corrected chi connectivity index (χ1v) is 11.2. The van der Waals surface area contributed by atoms with Gasteiger partial charge in [-0.1, -0.05) is 12.1 Å². The fourth-order valence-electron chi connectivity index (χ4n) is 4.97. The van der Waals surface area contributed by atoms with E-state index in [0.717, 1.165) is 51.3 Å². The van der Waals surface area contributed by atoms with E-state index in [2.05, 4.69) is 69.7 Å². The highest BCUT2D eigenvalue weighted by Crippen LogP contribution is 2.33. The standard InChI is InChI=1S/C24H32N6/c1-27-13-15-29(16-14-27)18-22-20(26-23-10-3-4-12-30(22)23)17-28(2)21-9-5-7-19-8-6-11-25-24(19)21/h3-4,6,8,10-12,21H,5,7,9,13-18H2,1-2H3/t21-/m0/s1. The Morgan fingerprint density at radius 1 is 1.10 bits per heavy atom. The quantitative estimate of drug-likeness (QED) is 0.654. The van der Waals surface area contributed by atoms with Crippen molar-refractivity contribution < 1.29 is 0 Å². The van der Waals surface area contributed by atoms with Gasteiger partial charge >= 0.3 is 0 Å². The maximum atomic E-state index is 5.05. The van der Waals surface area contributed by atoms with E-state index in [-0.39, 0.29) is 0 Å². The third-order valence-electron chi connectivity index (χ3n) is 6.78. The molecule has 0 radical (unpaired) electrons. The van der Waals surface area contributed by atoms with Crippen LogP contribution in [-0.4, -0.2) is 69.3 Å². The van der Waals surface area contributed by atoms with Crippen molar-refractivity contribution in [1.82, 2.24) is 29.1 Å². The molecular weight excluding hydrogens is 372 g/mol. The van der Waals surface area contributed by atoms with Crippen LogP contribution in [0.15, 0.2) is 42.7 Å². The van der Waals surface area contributed by atoms with E-state index >= 15 is 0 Å². The number of imidazole rings is 1. The number of fused-ring (bicyclic) bond motifs is 2. The number of aromatic nitrogens is 3. The van der Waals surface area contributed by atoms with E-state index in [4.69, 9.17) is 9.97 Å². The molecular formula is C24H32N6. The lowest BCUT2D eigenvalue weighted by Crippen LogP contribution is -2.44. The minimum Gasteiger partial charge on any atom is -0.304 e. The Bertz CT molecular complexity index is 1000. The maximum Gasteiger partial charge on any atom is 0.137 e. The van der Waals surface area contributed by atoms with Crippen LogP contribution in [-0.2, 0) is 19.5 Å². The van der Waals surface area contributed by atoms with E-state index in [0.29, 0.717) is 6.04 Å². The summed E-state index contributed by atoms with van der Waals surface area (Å²) >= 11 is 0. The van der Waals surface area contributed by atoms with Gasteiger partial charge in [0.05, 0.1) is 23.1 Å². The Morgan fingerprint density at radius 3 is 2.83 bits per heavy atom. The molecule has 6 nitrogen and oxygen atoms in total. The molecule has 3 aromatic heterocycles. The zero-order chi connectivity index (χ0) is 20.5. The van der Waals surface area contributed by atoms with Crippen LogP contribution in [0.1, 0.15) is 41.5 Å². The second kappa shape index (κ2) is 8.46. The molecule has 1 aliphatic heterocycles. The summed E-state index contributed by atoms with van der Waals surface area (Å²) in [6, 6.07) is 11.0.